The first-order valence-electron chi connectivity index (χ1n) is 7.31. The highest BCUT2D eigenvalue weighted by Crippen LogP contribution is 2.20. The topological polar surface area (TPSA) is 21.3 Å². The second kappa shape index (κ2) is 9.51. The van der Waals surface area contributed by atoms with E-state index in [9.17, 15) is 0 Å². The van der Waals surface area contributed by atoms with Gasteiger partial charge in [0.2, 0.25) is 0 Å². The molecule has 0 fully saturated rings. The van der Waals surface area contributed by atoms with Crippen LogP contribution < -0.4 is 5.32 Å². The molecule has 1 aromatic carbocycles. The first-order chi connectivity index (χ1) is 9.22. The largest absolute Gasteiger partial charge is 0.377 e. The molecule has 0 radical (unpaired) electrons. The molecule has 0 amide bonds. The molecule has 3 heteroatoms. The van der Waals surface area contributed by atoms with Gasteiger partial charge in [-0.25, -0.2) is 0 Å². The zero-order valence-electron chi connectivity index (χ0n) is 12.3. The van der Waals surface area contributed by atoms with E-state index in [1.54, 1.807) is 0 Å². The van der Waals surface area contributed by atoms with E-state index in [-0.39, 0.29) is 0 Å². The molecule has 2 unspecified atom stereocenters. The number of hydrogen-bond donors (Lipinski definition) is 1. The van der Waals surface area contributed by atoms with E-state index in [0.717, 1.165) is 32.4 Å². The molecule has 0 aromatic heterocycles. The summed E-state index contributed by atoms with van der Waals surface area (Å²) >= 11 is 3.63. The van der Waals surface area contributed by atoms with Crippen molar-refractivity contribution in [1.29, 1.82) is 0 Å². The van der Waals surface area contributed by atoms with Gasteiger partial charge in [0.25, 0.3) is 0 Å². The number of halogens is 1. The fourth-order valence-corrected chi connectivity index (χ4v) is 2.84. The van der Waals surface area contributed by atoms with Crippen LogP contribution in [0.1, 0.15) is 39.2 Å². The molecule has 0 saturated carbocycles. The highest BCUT2D eigenvalue weighted by atomic mass is 79.9. The molecule has 0 aliphatic heterocycles. The van der Waals surface area contributed by atoms with Crippen LogP contribution in [0.15, 0.2) is 28.7 Å². The van der Waals surface area contributed by atoms with E-state index in [1.165, 1.54) is 10.0 Å². The standard InChI is InChI=1S/C16H26BrNO/c1-4-9-16(19-6-3)15(18-5-2)12-13-10-7-8-11-14(13)17/h7-8,10-11,15-16,18H,4-6,9,12H2,1-3H3. The number of hydrogen-bond acceptors (Lipinski definition) is 2. The van der Waals surface area contributed by atoms with E-state index in [4.69, 9.17) is 4.74 Å². The molecule has 0 aliphatic carbocycles. The first kappa shape index (κ1) is 16.7. The minimum absolute atomic E-state index is 0.294. The molecule has 108 valence electrons. The number of benzene rings is 1. The van der Waals surface area contributed by atoms with E-state index in [1.807, 2.05) is 0 Å². The third kappa shape index (κ3) is 5.64. The number of rotatable bonds is 9. The predicted molar refractivity (Wildman–Crippen MR) is 85.6 cm³/mol. The van der Waals surface area contributed by atoms with Gasteiger partial charge >= 0.3 is 0 Å². The summed E-state index contributed by atoms with van der Waals surface area (Å²) in [7, 11) is 0. The van der Waals surface area contributed by atoms with Crippen molar-refractivity contribution in [3.8, 4) is 0 Å². The summed E-state index contributed by atoms with van der Waals surface area (Å²) in [6, 6.07) is 8.82. The molecule has 0 aliphatic rings. The van der Waals surface area contributed by atoms with Gasteiger partial charge in [-0.3, -0.25) is 0 Å². The number of ether oxygens (including phenoxy) is 1. The highest BCUT2D eigenvalue weighted by Gasteiger charge is 2.21. The maximum atomic E-state index is 5.93. The average Bonchev–Trinajstić information content (AvgIpc) is 2.40. The maximum absolute atomic E-state index is 5.93. The Morgan fingerprint density at radius 2 is 1.95 bits per heavy atom. The summed E-state index contributed by atoms with van der Waals surface area (Å²) in [4.78, 5) is 0. The summed E-state index contributed by atoms with van der Waals surface area (Å²) in [5.41, 5.74) is 1.34. The molecule has 0 spiro atoms. The van der Waals surface area contributed by atoms with Crippen LogP contribution in [-0.2, 0) is 11.2 Å². The Morgan fingerprint density at radius 1 is 1.21 bits per heavy atom. The van der Waals surface area contributed by atoms with Crippen molar-refractivity contribution in [3.63, 3.8) is 0 Å². The van der Waals surface area contributed by atoms with Crippen LogP contribution >= 0.6 is 15.9 Å². The van der Waals surface area contributed by atoms with E-state index in [2.05, 4.69) is 66.3 Å². The molecule has 0 bridgehead atoms. The lowest BCUT2D eigenvalue weighted by Crippen LogP contribution is -2.43. The van der Waals surface area contributed by atoms with Gasteiger partial charge in [-0.05, 0) is 37.9 Å². The zero-order valence-corrected chi connectivity index (χ0v) is 13.9. The summed E-state index contributed by atoms with van der Waals surface area (Å²) in [5, 5.41) is 3.58. The molecule has 19 heavy (non-hydrogen) atoms. The van der Waals surface area contributed by atoms with Crippen LogP contribution in [0.3, 0.4) is 0 Å². The normalized spacial score (nSPS) is 14.3. The van der Waals surface area contributed by atoms with Gasteiger partial charge in [0.1, 0.15) is 0 Å². The number of likely N-dealkylation sites (N-methyl/N-ethyl adjacent to an activating group) is 1. The van der Waals surface area contributed by atoms with Gasteiger partial charge in [0, 0.05) is 17.1 Å². The monoisotopic (exact) mass is 327 g/mol. The Morgan fingerprint density at radius 3 is 2.53 bits per heavy atom. The van der Waals surface area contributed by atoms with E-state index < -0.39 is 0 Å². The Labute approximate surface area is 126 Å². The smallest absolute Gasteiger partial charge is 0.0731 e. The molecular formula is C16H26BrNO. The lowest BCUT2D eigenvalue weighted by atomic mass is 9.98. The van der Waals surface area contributed by atoms with Crippen molar-refractivity contribution < 1.29 is 4.74 Å². The molecule has 1 rings (SSSR count). The lowest BCUT2D eigenvalue weighted by molar-refractivity contribution is 0.0285. The minimum Gasteiger partial charge on any atom is -0.377 e. The van der Waals surface area contributed by atoms with E-state index in [0.29, 0.717) is 12.1 Å². The Balaban J connectivity index is 2.77. The highest BCUT2D eigenvalue weighted by molar-refractivity contribution is 9.10. The lowest BCUT2D eigenvalue weighted by Gasteiger charge is -2.28. The minimum atomic E-state index is 0.294. The summed E-state index contributed by atoms with van der Waals surface area (Å²) in [5.74, 6) is 0. The van der Waals surface area contributed by atoms with Gasteiger partial charge in [-0.1, -0.05) is 54.4 Å². The summed E-state index contributed by atoms with van der Waals surface area (Å²) in [6.45, 7) is 8.20. The van der Waals surface area contributed by atoms with Gasteiger partial charge in [0.15, 0.2) is 0 Å². The van der Waals surface area contributed by atoms with Gasteiger partial charge in [-0.2, -0.15) is 0 Å². The Kier molecular flexibility index (Phi) is 8.35. The van der Waals surface area contributed by atoms with Crippen LogP contribution in [0.2, 0.25) is 0 Å². The molecule has 2 atom stereocenters. The van der Waals surface area contributed by atoms with Gasteiger partial charge < -0.3 is 10.1 Å². The van der Waals surface area contributed by atoms with Crippen molar-refractivity contribution in [2.45, 2.75) is 52.2 Å². The van der Waals surface area contributed by atoms with Crippen molar-refractivity contribution in [2.75, 3.05) is 13.2 Å². The van der Waals surface area contributed by atoms with E-state index >= 15 is 0 Å². The average molecular weight is 328 g/mol. The Bertz CT molecular complexity index is 350. The van der Waals surface area contributed by atoms with Crippen LogP contribution in [0.5, 0.6) is 0 Å². The third-order valence-electron chi connectivity index (χ3n) is 3.27. The van der Waals surface area contributed by atoms with Crippen LogP contribution in [0.25, 0.3) is 0 Å². The second-order valence-corrected chi connectivity index (χ2v) is 5.60. The molecule has 0 saturated heterocycles. The quantitative estimate of drug-likeness (QED) is 0.734. The second-order valence-electron chi connectivity index (χ2n) is 4.74. The molecule has 0 heterocycles. The SMILES string of the molecule is CCCC(OCC)C(Cc1ccccc1Br)NCC. The predicted octanol–water partition coefficient (Wildman–Crippen LogP) is 4.17. The fraction of sp³-hybridized carbons (Fsp3) is 0.625. The summed E-state index contributed by atoms with van der Waals surface area (Å²) in [6.07, 6.45) is 3.56. The molecular weight excluding hydrogens is 302 g/mol. The van der Waals surface area contributed by atoms with Crippen molar-refractivity contribution in [3.05, 3.63) is 34.3 Å². The fourth-order valence-electron chi connectivity index (χ4n) is 2.40. The first-order valence-corrected chi connectivity index (χ1v) is 8.10. The van der Waals surface area contributed by atoms with Crippen LogP contribution in [0.4, 0.5) is 0 Å². The third-order valence-corrected chi connectivity index (χ3v) is 4.04. The zero-order chi connectivity index (χ0) is 14.1. The van der Waals surface area contributed by atoms with Crippen molar-refractivity contribution in [2.24, 2.45) is 0 Å². The maximum Gasteiger partial charge on any atom is 0.0731 e. The molecule has 2 nitrogen and oxygen atoms in total. The molecule has 1 N–H and O–H groups in total. The van der Waals surface area contributed by atoms with Crippen molar-refractivity contribution >= 4 is 15.9 Å². The van der Waals surface area contributed by atoms with Crippen LogP contribution in [-0.4, -0.2) is 25.3 Å². The Hall–Kier alpha value is -0.380. The van der Waals surface area contributed by atoms with Gasteiger partial charge in [0.05, 0.1) is 6.10 Å². The van der Waals surface area contributed by atoms with Crippen molar-refractivity contribution in [1.82, 2.24) is 5.32 Å². The summed E-state index contributed by atoms with van der Waals surface area (Å²) < 4.78 is 7.12. The van der Waals surface area contributed by atoms with Gasteiger partial charge in [-0.15, -0.1) is 0 Å². The molecule has 1 aromatic rings. The number of nitrogens with one attached hydrogen (secondary N) is 1. The van der Waals surface area contributed by atoms with Crippen LogP contribution in [0, 0.1) is 0 Å².